The van der Waals surface area contributed by atoms with E-state index in [9.17, 15) is 10.1 Å². The van der Waals surface area contributed by atoms with Gasteiger partial charge in [-0.1, -0.05) is 30.3 Å². The second kappa shape index (κ2) is 6.70. The van der Waals surface area contributed by atoms with E-state index in [2.05, 4.69) is 10.3 Å². The Bertz CT molecular complexity index is 795. The highest BCUT2D eigenvalue weighted by molar-refractivity contribution is 6.63. The summed E-state index contributed by atoms with van der Waals surface area (Å²) in [6.07, 6.45) is 1.24. The average Bonchev–Trinajstić information content (AvgIpc) is 2.81. The number of aromatic nitrogens is 1. The SMILES string of the molecule is CC1(C)OB(c2cc([N+](=O)[O-])cnc2NCc2ccccc2)OC1(C)C. The molecule has 0 aliphatic carbocycles. The lowest BCUT2D eigenvalue weighted by atomic mass is 9.79. The summed E-state index contributed by atoms with van der Waals surface area (Å²) in [4.78, 5) is 14.9. The minimum atomic E-state index is -0.731. The lowest BCUT2D eigenvalue weighted by Gasteiger charge is -2.32. The molecule has 0 unspecified atom stereocenters. The molecule has 1 aliphatic heterocycles. The van der Waals surface area contributed by atoms with Crippen LogP contribution in [-0.2, 0) is 15.9 Å². The maximum Gasteiger partial charge on any atom is 0.498 e. The predicted octanol–water partition coefficient (Wildman–Crippen LogP) is 2.90. The van der Waals surface area contributed by atoms with Crippen molar-refractivity contribution in [2.24, 2.45) is 0 Å². The molecule has 136 valence electrons. The van der Waals surface area contributed by atoms with Crippen LogP contribution in [0.15, 0.2) is 42.6 Å². The number of nitrogens with zero attached hydrogens (tertiary/aromatic N) is 2. The summed E-state index contributed by atoms with van der Waals surface area (Å²) >= 11 is 0. The van der Waals surface area contributed by atoms with Crippen molar-refractivity contribution in [3.05, 3.63) is 58.3 Å². The van der Waals surface area contributed by atoms with Gasteiger partial charge in [0.05, 0.1) is 16.1 Å². The zero-order valence-electron chi connectivity index (χ0n) is 15.4. The van der Waals surface area contributed by atoms with Crippen LogP contribution in [0.3, 0.4) is 0 Å². The molecule has 1 aromatic carbocycles. The molecule has 0 atom stereocenters. The first kappa shape index (κ1) is 18.3. The van der Waals surface area contributed by atoms with Gasteiger partial charge in [0.25, 0.3) is 5.69 Å². The minimum absolute atomic E-state index is 0.0972. The van der Waals surface area contributed by atoms with E-state index in [1.165, 1.54) is 12.3 Å². The Morgan fingerprint density at radius 2 is 1.77 bits per heavy atom. The normalized spacial score (nSPS) is 17.9. The van der Waals surface area contributed by atoms with Crippen molar-refractivity contribution in [3.8, 4) is 0 Å². The van der Waals surface area contributed by atoms with Crippen molar-refractivity contribution in [1.82, 2.24) is 4.98 Å². The van der Waals surface area contributed by atoms with Gasteiger partial charge in [-0.25, -0.2) is 4.98 Å². The highest BCUT2D eigenvalue weighted by Crippen LogP contribution is 2.37. The number of pyridine rings is 1. The lowest BCUT2D eigenvalue weighted by molar-refractivity contribution is -0.385. The fourth-order valence-corrected chi connectivity index (χ4v) is 2.65. The van der Waals surface area contributed by atoms with Crippen LogP contribution in [0.25, 0.3) is 0 Å². The summed E-state index contributed by atoms with van der Waals surface area (Å²) in [5, 5.41) is 14.4. The van der Waals surface area contributed by atoms with Gasteiger partial charge in [0.1, 0.15) is 12.0 Å². The third-order valence-corrected chi connectivity index (χ3v) is 4.92. The van der Waals surface area contributed by atoms with Crippen LogP contribution >= 0.6 is 0 Å². The van der Waals surface area contributed by atoms with Gasteiger partial charge in [-0.15, -0.1) is 0 Å². The van der Waals surface area contributed by atoms with E-state index in [1.807, 2.05) is 58.0 Å². The second-order valence-corrected chi connectivity index (χ2v) is 7.32. The van der Waals surface area contributed by atoms with Gasteiger partial charge in [0.15, 0.2) is 0 Å². The van der Waals surface area contributed by atoms with Crippen molar-refractivity contribution >= 4 is 24.1 Å². The topological polar surface area (TPSA) is 86.5 Å². The quantitative estimate of drug-likeness (QED) is 0.504. The third-order valence-electron chi connectivity index (χ3n) is 4.92. The van der Waals surface area contributed by atoms with Crippen LogP contribution in [0.2, 0.25) is 0 Å². The van der Waals surface area contributed by atoms with E-state index in [0.29, 0.717) is 17.8 Å². The molecule has 0 bridgehead atoms. The number of hydrogen-bond acceptors (Lipinski definition) is 6. The lowest BCUT2D eigenvalue weighted by Crippen LogP contribution is -2.41. The van der Waals surface area contributed by atoms with Crippen LogP contribution < -0.4 is 10.8 Å². The van der Waals surface area contributed by atoms with Gasteiger partial charge in [-0.3, -0.25) is 10.1 Å². The van der Waals surface area contributed by atoms with Gasteiger partial charge < -0.3 is 14.6 Å². The predicted molar refractivity (Wildman–Crippen MR) is 100 cm³/mol. The second-order valence-electron chi connectivity index (χ2n) is 7.32. The molecule has 0 amide bonds. The van der Waals surface area contributed by atoms with Gasteiger partial charge in [-0.2, -0.15) is 0 Å². The van der Waals surface area contributed by atoms with Gasteiger partial charge in [0, 0.05) is 18.1 Å². The molecule has 1 aliphatic rings. The first-order valence-corrected chi connectivity index (χ1v) is 8.47. The van der Waals surface area contributed by atoms with Crippen molar-refractivity contribution in [1.29, 1.82) is 0 Å². The Balaban J connectivity index is 1.91. The maximum atomic E-state index is 11.2. The molecule has 1 N–H and O–H groups in total. The average molecular weight is 355 g/mol. The summed E-state index contributed by atoms with van der Waals surface area (Å²) < 4.78 is 12.1. The summed E-state index contributed by atoms with van der Waals surface area (Å²) in [7, 11) is -0.731. The zero-order chi connectivity index (χ0) is 18.9. The number of rotatable bonds is 5. The summed E-state index contributed by atoms with van der Waals surface area (Å²) in [5.41, 5.74) is 0.416. The van der Waals surface area contributed by atoms with Crippen molar-refractivity contribution in [2.75, 3.05) is 5.32 Å². The monoisotopic (exact) mass is 355 g/mol. The van der Waals surface area contributed by atoms with Crippen LogP contribution in [0.1, 0.15) is 33.3 Å². The molecule has 0 spiro atoms. The van der Waals surface area contributed by atoms with Crippen LogP contribution in [-0.4, -0.2) is 28.2 Å². The summed E-state index contributed by atoms with van der Waals surface area (Å²) in [5.74, 6) is 0.512. The molecule has 0 saturated carbocycles. The van der Waals surface area contributed by atoms with Crippen molar-refractivity contribution in [3.63, 3.8) is 0 Å². The number of benzene rings is 1. The van der Waals surface area contributed by atoms with Gasteiger partial charge >= 0.3 is 7.12 Å². The first-order chi connectivity index (χ1) is 12.2. The van der Waals surface area contributed by atoms with E-state index in [0.717, 1.165) is 5.56 Å². The van der Waals surface area contributed by atoms with Gasteiger partial charge in [0.2, 0.25) is 0 Å². The molecule has 1 saturated heterocycles. The molecule has 3 rings (SSSR count). The van der Waals surface area contributed by atoms with Gasteiger partial charge in [-0.05, 0) is 33.3 Å². The van der Waals surface area contributed by atoms with Crippen LogP contribution in [0.5, 0.6) is 0 Å². The molecule has 1 fully saturated rings. The zero-order valence-corrected chi connectivity index (χ0v) is 15.4. The van der Waals surface area contributed by atoms with Crippen molar-refractivity contribution < 1.29 is 14.2 Å². The van der Waals surface area contributed by atoms with E-state index in [4.69, 9.17) is 9.31 Å². The molecule has 26 heavy (non-hydrogen) atoms. The molecule has 2 heterocycles. The minimum Gasteiger partial charge on any atom is -0.399 e. The van der Waals surface area contributed by atoms with E-state index < -0.39 is 23.2 Å². The Hall–Kier alpha value is -2.45. The first-order valence-electron chi connectivity index (χ1n) is 8.47. The van der Waals surface area contributed by atoms with Crippen LogP contribution in [0.4, 0.5) is 11.5 Å². The number of nitro groups is 1. The number of nitrogens with one attached hydrogen (secondary N) is 1. The third kappa shape index (κ3) is 3.56. The highest BCUT2D eigenvalue weighted by Gasteiger charge is 2.52. The van der Waals surface area contributed by atoms with Crippen LogP contribution in [0, 0.1) is 10.1 Å². The molecule has 1 aromatic heterocycles. The largest absolute Gasteiger partial charge is 0.498 e. The Morgan fingerprint density at radius 3 is 2.35 bits per heavy atom. The molecule has 2 aromatic rings. The molecule has 7 nitrogen and oxygen atoms in total. The number of anilines is 1. The Morgan fingerprint density at radius 1 is 1.15 bits per heavy atom. The number of hydrogen-bond donors (Lipinski definition) is 1. The molecular formula is C18H22BN3O4. The highest BCUT2D eigenvalue weighted by atomic mass is 16.7. The molecular weight excluding hydrogens is 333 g/mol. The standard InChI is InChI=1S/C18H22BN3O4/c1-17(2)18(3,4)26-19(25-17)15-10-14(22(23)24)12-21-16(15)20-11-13-8-6-5-7-9-13/h5-10,12H,11H2,1-4H3,(H,20,21). The Labute approximate surface area is 153 Å². The fraction of sp³-hybridized carbons (Fsp3) is 0.389. The fourth-order valence-electron chi connectivity index (χ4n) is 2.65. The van der Waals surface area contributed by atoms with E-state index in [-0.39, 0.29) is 5.69 Å². The smallest absolute Gasteiger partial charge is 0.399 e. The molecule has 8 heteroatoms. The summed E-state index contributed by atoms with van der Waals surface area (Å²) in [6, 6.07) is 11.3. The molecule has 0 radical (unpaired) electrons. The summed E-state index contributed by atoms with van der Waals surface area (Å²) in [6.45, 7) is 8.30. The van der Waals surface area contributed by atoms with Crippen molar-refractivity contribution in [2.45, 2.75) is 45.4 Å². The van der Waals surface area contributed by atoms with E-state index >= 15 is 0 Å². The maximum absolute atomic E-state index is 11.2. The Kier molecular flexibility index (Phi) is 4.73. The van der Waals surface area contributed by atoms with E-state index in [1.54, 1.807) is 0 Å².